The van der Waals surface area contributed by atoms with Gasteiger partial charge in [-0.15, -0.1) is 5.54 Å². The Morgan fingerprint density at radius 1 is 1.07 bits per heavy atom. The predicted molar refractivity (Wildman–Crippen MR) is 67.6 cm³/mol. The molecule has 0 spiro atoms. The Morgan fingerprint density at radius 2 is 1.71 bits per heavy atom. The number of hydrogen-bond donors (Lipinski definition) is 0. The smallest absolute Gasteiger partial charge is 0.127 e. The molecule has 0 amide bonds. The van der Waals surface area contributed by atoms with E-state index >= 15 is 0 Å². The highest BCUT2D eigenvalue weighted by Crippen LogP contribution is 1.95. The standard InChI is InChI=1S/C13H20Si/c1-5-6-7-8-9-10-11-12-13-14(2,3)4/h10-11H,5-7H2,1-4H3/b11-10+. The molecule has 0 aromatic carbocycles. The fourth-order valence-electron chi connectivity index (χ4n) is 0.738. The van der Waals surface area contributed by atoms with Crippen LogP contribution in [-0.2, 0) is 0 Å². The molecule has 0 aliphatic heterocycles. The monoisotopic (exact) mass is 204 g/mol. The quantitative estimate of drug-likeness (QED) is 0.366. The van der Waals surface area contributed by atoms with Gasteiger partial charge in [0.15, 0.2) is 0 Å². The van der Waals surface area contributed by atoms with Crippen molar-refractivity contribution in [1.82, 2.24) is 0 Å². The topological polar surface area (TPSA) is 0 Å². The van der Waals surface area contributed by atoms with E-state index in [1.54, 1.807) is 0 Å². The molecular weight excluding hydrogens is 184 g/mol. The second kappa shape index (κ2) is 7.48. The zero-order valence-electron chi connectivity index (χ0n) is 9.78. The van der Waals surface area contributed by atoms with Gasteiger partial charge in [-0.3, -0.25) is 0 Å². The van der Waals surface area contributed by atoms with Crippen molar-refractivity contribution in [3.05, 3.63) is 12.2 Å². The van der Waals surface area contributed by atoms with Crippen molar-refractivity contribution in [3.63, 3.8) is 0 Å². The Kier molecular flexibility index (Phi) is 6.98. The van der Waals surface area contributed by atoms with Gasteiger partial charge in [0.1, 0.15) is 8.07 Å². The highest BCUT2D eigenvalue weighted by Gasteiger charge is 2.06. The van der Waals surface area contributed by atoms with Crippen LogP contribution >= 0.6 is 0 Å². The van der Waals surface area contributed by atoms with E-state index in [1.165, 1.54) is 12.8 Å². The maximum absolute atomic E-state index is 3.26. The number of rotatable bonds is 2. The van der Waals surface area contributed by atoms with Crippen LogP contribution in [0.3, 0.4) is 0 Å². The third-order valence-electron chi connectivity index (χ3n) is 1.45. The van der Waals surface area contributed by atoms with Crippen molar-refractivity contribution in [2.75, 3.05) is 0 Å². The summed E-state index contributed by atoms with van der Waals surface area (Å²) < 4.78 is 0. The summed E-state index contributed by atoms with van der Waals surface area (Å²) in [5.74, 6) is 9.12. The summed E-state index contributed by atoms with van der Waals surface area (Å²) in [6.07, 6.45) is 7.12. The molecule has 0 atom stereocenters. The minimum absolute atomic E-state index is 1.00. The molecule has 0 aromatic heterocycles. The zero-order valence-corrected chi connectivity index (χ0v) is 10.8. The highest BCUT2D eigenvalue weighted by atomic mass is 28.3. The van der Waals surface area contributed by atoms with Gasteiger partial charge in [-0.1, -0.05) is 50.7 Å². The Morgan fingerprint density at radius 3 is 2.29 bits per heavy atom. The first-order valence-electron chi connectivity index (χ1n) is 5.22. The van der Waals surface area contributed by atoms with Gasteiger partial charge >= 0.3 is 0 Å². The molecule has 14 heavy (non-hydrogen) atoms. The molecule has 0 saturated heterocycles. The summed E-state index contributed by atoms with van der Waals surface area (Å²) >= 11 is 0. The maximum atomic E-state index is 3.26. The minimum atomic E-state index is -1.20. The number of allylic oxidation sites excluding steroid dienone is 2. The van der Waals surface area contributed by atoms with Crippen LogP contribution < -0.4 is 0 Å². The third-order valence-corrected chi connectivity index (χ3v) is 2.35. The van der Waals surface area contributed by atoms with Crippen LogP contribution in [-0.4, -0.2) is 8.07 Å². The van der Waals surface area contributed by atoms with Crippen LogP contribution in [0.25, 0.3) is 0 Å². The lowest BCUT2D eigenvalue weighted by atomic mass is 10.2. The van der Waals surface area contributed by atoms with Crippen molar-refractivity contribution in [1.29, 1.82) is 0 Å². The first kappa shape index (κ1) is 13.1. The average molecular weight is 204 g/mol. The van der Waals surface area contributed by atoms with E-state index < -0.39 is 8.07 Å². The van der Waals surface area contributed by atoms with E-state index in [2.05, 4.69) is 49.9 Å². The van der Waals surface area contributed by atoms with Crippen LogP contribution in [0.4, 0.5) is 0 Å². The predicted octanol–water partition coefficient (Wildman–Crippen LogP) is 3.62. The molecule has 76 valence electrons. The van der Waals surface area contributed by atoms with Crippen molar-refractivity contribution in [3.8, 4) is 23.3 Å². The van der Waals surface area contributed by atoms with Gasteiger partial charge in [0.05, 0.1) is 0 Å². The van der Waals surface area contributed by atoms with Gasteiger partial charge in [0.2, 0.25) is 0 Å². The van der Waals surface area contributed by atoms with Gasteiger partial charge in [0, 0.05) is 6.42 Å². The first-order valence-corrected chi connectivity index (χ1v) is 8.72. The van der Waals surface area contributed by atoms with E-state index in [0.717, 1.165) is 6.42 Å². The third kappa shape index (κ3) is 11.1. The molecule has 0 aromatic rings. The van der Waals surface area contributed by atoms with Crippen molar-refractivity contribution < 1.29 is 0 Å². The van der Waals surface area contributed by atoms with Crippen LogP contribution in [0.15, 0.2) is 12.2 Å². The SMILES string of the molecule is CCCCC#C/C=C/C#C[Si](C)(C)C. The van der Waals surface area contributed by atoms with Crippen molar-refractivity contribution in [2.24, 2.45) is 0 Å². The Hall–Kier alpha value is -0.923. The van der Waals surface area contributed by atoms with Gasteiger partial charge in [-0.2, -0.15) is 0 Å². The molecule has 0 bridgehead atoms. The lowest BCUT2D eigenvalue weighted by Crippen LogP contribution is -2.16. The number of hydrogen-bond acceptors (Lipinski definition) is 0. The Balaban J connectivity index is 3.81. The molecule has 0 aliphatic rings. The van der Waals surface area contributed by atoms with Crippen LogP contribution in [0, 0.1) is 23.3 Å². The second-order valence-corrected chi connectivity index (χ2v) is 9.03. The molecular formula is C13H20Si. The molecule has 0 N–H and O–H groups in total. The lowest BCUT2D eigenvalue weighted by Gasteiger charge is -2.01. The maximum Gasteiger partial charge on any atom is 0.129 e. The molecule has 0 aliphatic carbocycles. The zero-order chi connectivity index (χ0) is 10.9. The fraction of sp³-hybridized carbons (Fsp3) is 0.538. The average Bonchev–Trinajstić information content (AvgIpc) is 2.08. The Labute approximate surface area is 89.8 Å². The van der Waals surface area contributed by atoms with E-state index in [9.17, 15) is 0 Å². The fourth-order valence-corrected chi connectivity index (χ4v) is 1.25. The molecule has 0 rings (SSSR count). The van der Waals surface area contributed by atoms with E-state index in [0.29, 0.717) is 0 Å². The van der Waals surface area contributed by atoms with Gasteiger partial charge < -0.3 is 0 Å². The largest absolute Gasteiger partial charge is 0.129 e. The van der Waals surface area contributed by atoms with E-state index in [1.807, 2.05) is 12.2 Å². The summed E-state index contributed by atoms with van der Waals surface area (Å²) in [4.78, 5) is 0. The van der Waals surface area contributed by atoms with Crippen molar-refractivity contribution in [2.45, 2.75) is 45.8 Å². The number of unbranched alkanes of at least 4 members (excludes halogenated alkanes) is 2. The van der Waals surface area contributed by atoms with Gasteiger partial charge in [-0.05, 0) is 18.6 Å². The normalized spacial score (nSPS) is 10.3. The van der Waals surface area contributed by atoms with Gasteiger partial charge in [0.25, 0.3) is 0 Å². The van der Waals surface area contributed by atoms with Crippen LogP contribution in [0.2, 0.25) is 19.6 Å². The summed E-state index contributed by atoms with van der Waals surface area (Å²) in [6, 6.07) is 0. The minimum Gasteiger partial charge on any atom is -0.127 e. The lowest BCUT2D eigenvalue weighted by molar-refractivity contribution is 0.828. The molecule has 0 radical (unpaired) electrons. The van der Waals surface area contributed by atoms with E-state index in [4.69, 9.17) is 0 Å². The summed E-state index contributed by atoms with van der Waals surface area (Å²) in [6.45, 7) is 8.89. The highest BCUT2D eigenvalue weighted by molar-refractivity contribution is 6.83. The summed E-state index contributed by atoms with van der Waals surface area (Å²) in [5, 5.41) is 0. The second-order valence-electron chi connectivity index (χ2n) is 4.28. The molecule has 1 heteroatoms. The molecule has 0 nitrogen and oxygen atoms in total. The molecule has 0 fully saturated rings. The first-order chi connectivity index (χ1) is 6.56. The molecule has 0 unspecified atom stereocenters. The summed E-state index contributed by atoms with van der Waals surface area (Å²) in [5.41, 5.74) is 3.26. The van der Waals surface area contributed by atoms with Crippen LogP contribution in [0.5, 0.6) is 0 Å². The summed E-state index contributed by atoms with van der Waals surface area (Å²) in [7, 11) is -1.20. The van der Waals surface area contributed by atoms with Crippen molar-refractivity contribution >= 4 is 8.07 Å². The van der Waals surface area contributed by atoms with E-state index in [-0.39, 0.29) is 0 Å². The Bertz CT molecular complexity index is 283. The molecule has 0 saturated carbocycles. The van der Waals surface area contributed by atoms with Gasteiger partial charge in [-0.25, -0.2) is 0 Å². The van der Waals surface area contributed by atoms with Crippen LogP contribution in [0.1, 0.15) is 26.2 Å². The molecule has 0 heterocycles.